The van der Waals surface area contributed by atoms with Gasteiger partial charge in [-0.05, 0) is 27.2 Å². The Kier molecular flexibility index (Phi) is 5.35. The highest BCUT2D eigenvalue weighted by atomic mass is 32.2. The summed E-state index contributed by atoms with van der Waals surface area (Å²) in [5.41, 5.74) is 0.151. The van der Waals surface area contributed by atoms with Crippen molar-refractivity contribution in [3.8, 4) is 0 Å². The normalized spacial score (nSPS) is 22.7. The number of amides is 1. The largest absolute Gasteiger partial charge is 0.348 e. The average molecular weight is 347 g/mol. The zero-order valence-electron chi connectivity index (χ0n) is 13.4. The summed E-state index contributed by atoms with van der Waals surface area (Å²) in [6.07, 6.45) is 0.376. The van der Waals surface area contributed by atoms with Crippen molar-refractivity contribution in [2.24, 2.45) is 0 Å². The zero-order valence-corrected chi connectivity index (χ0v) is 14.3. The fraction of sp³-hybridized carbons (Fsp3) is 0.769. The molecule has 1 aromatic rings. The third kappa shape index (κ3) is 4.25. The molecule has 0 spiro atoms. The molecule has 23 heavy (non-hydrogen) atoms. The predicted molar refractivity (Wildman–Crippen MR) is 82.1 cm³/mol. The molecule has 0 aromatic carbocycles. The van der Waals surface area contributed by atoms with Gasteiger partial charge in [-0.25, -0.2) is 12.8 Å². The lowest BCUT2D eigenvalue weighted by atomic mass is 10.2. The van der Waals surface area contributed by atoms with Crippen LogP contribution in [-0.2, 0) is 16.6 Å². The van der Waals surface area contributed by atoms with E-state index in [9.17, 15) is 17.6 Å². The van der Waals surface area contributed by atoms with Crippen molar-refractivity contribution in [3.05, 3.63) is 11.9 Å². The van der Waals surface area contributed by atoms with E-state index in [1.54, 1.807) is 0 Å². The minimum atomic E-state index is -3.47. The van der Waals surface area contributed by atoms with Crippen molar-refractivity contribution < 1.29 is 17.6 Å². The second-order valence-electron chi connectivity index (χ2n) is 5.91. The average Bonchev–Trinajstić information content (AvgIpc) is 3.06. The van der Waals surface area contributed by atoms with Crippen LogP contribution in [-0.4, -0.2) is 64.2 Å². The summed E-state index contributed by atoms with van der Waals surface area (Å²) >= 11 is 0. The van der Waals surface area contributed by atoms with Gasteiger partial charge in [0.05, 0.1) is 18.5 Å². The Morgan fingerprint density at radius 1 is 1.52 bits per heavy atom. The van der Waals surface area contributed by atoms with Gasteiger partial charge in [-0.15, -0.1) is 5.10 Å². The van der Waals surface area contributed by atoms with E-state index in [-0.39, 0.29) is 42.9 Å². The molecule has 1 aliphatic rings. The standard InChI is InChI=1S/C13H22FN5O3S/c1-4-23(21,22)19-6-10(14)5-11(19)7-18-8-12(16-17-18)13(20)15-9(2)3/h8-11H,4-7H2,1-3H3,(H,15,20). The van der Waals surface area contributed by atoms with Crippen LogP contribution in [0.2, 0.25) is 0 Å². The molecule has 2 atom stereocenters. The summed E-state index contributed by atoms with van der Waals surface area (Å²) in [4.78, 5) is 11.8. The van der Waals surface area contributed by atoms with Gasteiger partial charge >= 0.3 is 0 Å². The van der Waals surface area contributed by atoms with Crippen LogP contribution >= 0.6 is 0 Å². The van der Waals surface area contributed by atoms with E-state index < -0.39 is 22.2 Å². The number of hydrogen-bond acceptors (Lipinski definition) is 5. The summed E-state index contributed by atoms with van der Waals surface area (Å²) in [7, 11) is -3.47. The number of alkyl halides is 1. The SMILES string of the molecule is CCS(=O)(=O)N1CC(F)CC1Cn1cc(C(=O)NC(C)C)nn1. The van der Waals surface area contributed by atoms with Crippen LogP contribution in [0.5, 0.6) is 0 Å². The second-order valence-corrected chi connectivity index (χ2v) is 8.12. The summed E-state index contributed by atoms with van der Waals surface area (Å²) in [5.74, 6) is -0.422. The summed E-state index contributed by atoms with van der Waals surface area (Å²) in [6, 6.07) is -0.544. The highest BCUT2D eigenvalue weighted by Gasteiger charge is 2.39. The second kappa shape index (κ2) is 6.91. The van der Waals surface area contributed by atoms with Crippen LogP contribution in [0, 0.1) is 0 Å². The molecule has 2 heterocycles. The Balaban J connectivity index is 2.09. The van der Waals surface area contributed by atoms with Gasteiger partial charge in [-0.2, -0.15) is 4.31 Å². The van der Waals surface area contributed by atoms with Crippen LogP contribution in [0.15, 0.2) is 6.20 Å². The van der Waals surface area contributed by atoms with Crippen LogP contribution in [0.4, 0.5) is 4.39 Å². The molecule has 8 nitrogen and oxygen atoms in total. The van der Waals surface area contributed by atoms with Crippen molar-refractivity contribution >= 4 is 15.9 Å². The third-order valence-corrected chi connectivity index (χ3v) is 5.52. The monoisotopic (exact) mass is 347 g/mol. The lowest BCUT2D eigenvalue weighted by molar-refractivity contribution is 0.0938. The maximum absolute atomic E-state index is 13.7. The summed E-state index contributed by atoms with van der Waals surface area (Å²) in [6.45, 7) is 5.23. The van der Waals surface area contributed by atoms with Crippen LogP contribution in [0.25, 0.3) is 0 Å². The van der Waals surface area contributed by atoms with Crippen molar-refractivity contribution in [1.29, 1.82) is 0 Å². The number of rotatable bonds is 6. The molecule has 130 valence electrons. The van der Waals surface area contributed by atoms with Gasteiger partial charge in [-0.1, -0.05) is 5.21 Å². The van der Waals surface area contributed by atoms with Gasteiger partial charge in [0, 0.05) is 18.6 Å². The summed E-state index contributed by atoms with van der Waals surface area (Å²) in [5, 5.41) is 10.3. The number of carbonyl (C=O) groups excluding carboxylic acids is 1. The molecule has 2 unspecified atom stereocenters. The maximum atomic E-state index is 13.7. The molecule has 2 rings (SSSR count). The number of aromatic nitrogens is 3. The molecule has 1 N–H and O–H groups in total. The molecule has 10 heteroatoms. The van der Waals surface area contributed by atoms with Gasteiger partial charge < -0.3 is 5.32 Å². The number of nitrogens with zero attached hydrogens (tertiary/aromatic N) is 4. The smallest absolute Gasteiger partial charge is 0.273 e. The predicted octanol–water partition coefficient (Wildman–Crippen LogP) is 0.178. The number of halogens is 1. The molecule has 0 radical (unpaired) electrons. The van der Waals surface area contributed by atoms with Gasteiger partial charge in [0.2, 0.25) is 10.0 Å². The zero-order chi connectivity index (χ0) is 17.2. The topological polar surface area (TPSA) is 97.2 Å². The third-order valence-electron chi connectivity index (χ3n) is 3.62. The Hall–Kier alpha value is -1.55. The van der Waals surface area contributed by atoms with E-state index in [0.29, 0.717) is 0 Å². The van der Waals surface area contributed by atoms with Crippen molar-refractivity contribution in [3.63, 3.8) is 0 Å². The molecule has 1 saturated heterocycles. The molecule has 0 aliphatic carbocycles. The lowest BCUT2D eigenvalue weighted by Gasteiger charge is -2.22. The van der Waals surface area contributed by atoms with Gasteiger partial charge in [0.1, 0.15) is 6.17 Å². The molecule has 1 aliphatic heterocycles. The van der Waals surface area contributed by atoms with Gasteiger partial charge in [-0.3, -0.25) is 9.48 Å². The number of hydrogen-bond donors (Lipinski definition) is 1. The molecule has 1 fully saturated rings. The molecule has 0 bridgehead atoms. The van der Waals surface area contributed by atoms with E-state index >= 15 is 0 Å². The van der Waals surface area contributed by atoms with Crippen LogP contribution in [0.1, 0.15) is 37.7 Å². The van der Waals surface area contributed by atoms with E-state index in [1.807, 2.05) is 13.8 Å². The van der Waals surface area contributed by atoms with E-state index in [1.165, 1.54) is 22.1 Å². The molecular formula is C13H22FN5O3S. The Morgan fingerprint density at radius 2 is 2.22 bits per heavy atom. The fourth-order valence-corrected chi connectivity index (χ4v) is 3.88. The first-order valence-corrected chi connectivity index (χ1v) is 9.18. The minimum absolute atomic E-state index is 0.0278. The minimum Gasteiger partial charge on any atom is -0.348 e. The lowest BCUT2D eigenvalue weighted by Crippen LogP contribution is -2.39. The van der Waals surface area contributed by atoms with Gasteiger partial charge in [0.25, 0.3) is 5.91 Å². The van der Waals surface area contributed by atoms with Crippen molar-refractivity contribution in [1.82, 2.24) is 24.6 Å². The quantitative estimate of drug-likeness (QED) is 0.792. The molecule has 1 amide bonds. The maximum Gasteiger partial charge on any atom is 0.273 e. The van der Waals surface area contributed by atoms with E-state index in [0.717, 1.165) is 0 Å². The molecular weight excluding hydrogens is 325 g/mol. The highest BCUT2D eigenvalue weighted by molar-refractivity contribution is 7.89. The Morgan fingerprint density at radius 3 is 2.83 bits per heavy atom. The number of sulfonamides is 1. The highest BCUT2D eigenvalue weighted by Crippen LogP contribution is 2.25. The van der Waals surface area contributed by atoms with Crippen molar-refractivity contribution in [2.75, 3.05) is 12.3 Å². The molecule has 1 aromatic heterocycles. The Labute approximate surface area is 135 Å². The summed E-state index contributed by atoms with van der Waals surface area (Å²) < 4.78 is 40.3. The van der Waals surface area contributed by atoms with E-state index in [2.05, 4.69) is 15.6 Å². The Bertz CT molecular complexity index is 660. The molecule has 0 saturated carbocycles. The number of carbonyl (C=O) groups is 1. The number of nitrogens with one attached hydrogen (secondary N) is 1. The first kappa shape index (κ1) is 17.8. The van der Waals surface area contributed by atoms with Crippen molar-refractivity contribution in [2.45, 2.75) is 52.0 Å². The first-order valence-electron chi connectivity index (χ1n) is 7.57. The first-order chi connectivity index (χ1) is 10.7. The van der Waals surface area contributed by atoms with E-state index in [4.69, 9.17) is 0 Å². The van der Waals surface area contributed by atoms with Gasteiger partial charge in [0.15, 0.2) is 5.69 Å². The van der Waals surface area contributed by atoms with Crippen LogP contribution in [0.3, 0.4) is 0 Å². The van der Waals surface area contributed by atoms with Crippen LogP contribution < -0.4 is 5.32 Å². The fourth-order valence-electron chi connectivity index (χ4n) is 2.55.